The summed E-state index contributed by atoms with van der Waals surface area (Å²) in [4.78, 5) is 24.8. The number of rotatable bonds is 6. The first-order valence-corrected chi connectivity index (χ1v) is 6.98. The second-order valence-electron chi connectivity index (χ2n) is 4.07. The maximum atomic E-state index is 11.7. The number of nitrogens with one attached hydrogen (secondary N) is 1. The van der Waals surface area contributed by atoms with E-state index in [0.29, 0.717) is 10.9 Å². The molecule has 0 atom stereocenters. The molecule has 0 spiro atoms. The number of aromatic amines is 1. The maximum Gasteiger partial charge on any atom is 0.303 e. The van der Waals surface area contributed by atoms with E-state index in [2.05, 4.69) is 15.2 Å². The zero-order valence-corrected chi connectivity index (χ0v) is 11.4. The molecule has 2 rings (SSSR count). The van der Waals surface area contributed by atoms with Gasteiger partial charge in [-0.25, -0.2) is 0 Å². The molecule has 0 aliphatic heterocycles. The van der Waals surface area contributed by atoms with Gasteiger partial charge in [-0.05, 0) is 5.56 Å². The molecule has 104 valence electrons. The van der Waals surface area contributed by atoms with Crippen molar-refractivity contribution in [1.82, 2.24) is 15.2 Å². The molecule has 2 aromatic rings. The number of carboxylic acids is 1. The molecule has 1 aromatic heterocycles. The molecule has 2 N–H and O–H groups in total. The van der Waals surface area contributed by atoms with Gasteiger partial charge in [0.2, 0.25) is 0 Å². The minimum absolute atomic E-state index is 0.0846. The van der Waals surface area contributed by atoms with Crippen molar-refractivity contribution in [3.05, 3.63) is 51.9 Å². The SMILES string of the molecule is O=C(O)CCc1nnc(SCc2ccccc2)[nH]c1=O. The molecule has 0 saturated heterocycles. The Kier molecular flexibility index (Phi) is 4.89. The Labute approximate surface area is 119 Å². The van der Waals surface area contributed by atoms with Crippen molar-refractivity contribution in [2.75, 3.05) is 0 Å². The van der Waals surface area contributed by atoms with Gasteiger partial charge in [0.25, 0.3) is 5.56 Å². The molecule has 0 aliphatic rings. The summed E-state index contributed by atoms with van der Waals surface area (Å²) >= 11 is 1.38. The van der Waals surface area contributed by atoms with Crippen LogP contribution in [0.25, 0.3) is 0 Å². The monoisotopic (exact) mass is 291 g/mol. The Hall–Kier alpha value is -2.15. The average molecular weight is 291 g/mol. The van der Waals surface area contributed by atoms with E-state index in [0.717, 1.165) is 5.56 Å². The van der Waals surface area contributed by atoms with Crippen LogP contribution >= 0.6 is 11.8 Å². The number of H-pyrrole nitrogens is 1. The predicted octanol–water partition coefficient (Wildman–Crippen LogP) is 1.47. The summed E-state index contributed by atoms with van der Waals surface area (Å²) in [5, 5.41) is 16.7. The Morgan fingerprint density at radius 3 is 2.65 bits per heavy atom. The number of hydrogen-bond donors (Lipinski definition) is 2. The molecule has 0 aliphatic carbocycles. The van der Waals surface area contributed by atoms with Crippen molar-refractivity contribution in [3.63, 3.8) is 0 Å². The lowest BCUT2D eigenvalue weighted by atomic mass is 10.2. The number of thioether (sulfide) groups is 1. The van der Waals surface area contributed by atoms with Crippen molar-refractivity contribution < 1.29 is 9.90 Å². The first kappa shape index (κ1) is 14.3. The molecule has 0 saturated carbocycles. The van der Waals surface area contributed by atoms with E-state index < -0.39 is 5.97 Å². The minimum atomic E-state index is -0.964. The van der Waals surface area contributed by atoms with E-state index in [4.69, 9.17) is 5.11 Å². The first-order chi connectivity index (χ1) is 9.65. The normalized spacial score (nSPS) is 10.4. The lowest BCUT2D eigenvalue weighted by molar-refractivity contribution is -0.136. The molecule has 0 fully saturated rings. The van der Waals surface area contributed by atoms with Crippen LogP contribution in [0.2, 0.25) is 0 Å². The molecule has 1 aromatic carbocycles. The van der Waals surface area contributed by atoms with Crippen LogP contribution in [0, 0.1) is 0 Å². The highest BCUT2D eigenvalue weighted by Crippen LogP contribution is 2.17. The van der Waals surface area contributed by atoms with E-state index in [9.17, 15) is 9.59 Å². The van der Waals surface area contributed by atoms with Gasteiger partial charge in [0.15, 0.2) is 5.16 Å². The zero-order chi connectivity index (χ0) is 14.4. The van der Waals surface area contributed by atoms with Crippen molar-refractivity contribution in [2.45, 2.75) is 23.8 Å². The summed E-state index contributed by atoms with van der Waals surface area (Å²) in [5.41, 5.74) is 0.892. The van der Waals surface area contributed by atoms with E-state index in [1.807, 2.05) is 30.3 Å². The molecule has 0 amide bonds. The highest BCUT2D eigenvalue weighted by atomic mass is 32.2. The number of carbonyl (C=O) groups is 1. The smallest absolute Gasteiger partial charge is 0.303 e. The highest BCUT2D eigenvalue weighted by Gasteiger charge is 2.07. The van der Waals surface area contributed by atoms with E-state index in [-0.39, 0.29) is 24.1 Å². The number of nitrogens with zero attached hydrogens (tertiary/aromatic N) is 2. The van der Waals surface area contributed by atoms with Crippen LogP contribution in [0.3, 0.4) is 0 Å². The Bertz CT molecular complexity index is 643. The number of aryl methyl sites for hydroxylation is 1. The average Bonchev–Trinajstić information content (AvgIpc) is 2.45. The number of aromatic nitrogens is 3. The maximum absolute atomic E-state index is 11.7. The summed E-state index contributed by atoms with van der Waals surface area (Å²) in [6.07, 6.45) is -0.0461. The third-order valence-electron chi connectivity index (χ3n) is 2.54. The topological polar surface area (TPSA) is 95.9 Å². The van der Waals surface area contributed by atoms with Gasteiger partial charge in [-0.3, -0.25) is 14.6 Å². The van der Waals surface area contributed by atoms with Gasteiger partial charge in [0.1, 0.15) is 5.69 Å². The molecular formula is C13H13N3O3S. The lowest BCUT2D eigenvalue weighted by Crippen LogP contribution is -2.18. The van der Waals surface area contributed by atoms with Gasteiger partial charge >= 0.3 is 5.97 Å². The molecule has 1 heterocycles. The van der Waals surface area contributed by atoms with E-state index in [1.165, 1.54) is 11.8 Å². The van der Waals surface area contributed by atoms with Crippen LogP contribution < -0.4 is 5.56 Å². The predicted molar refractivity (Wildman–Crippen MR) is 74.6 cm³/mol. The Morgan fingerprint density at radius 1 is 1.25 bits per heavy atom. The van der Waals surface area contributed by atoms with Gasteiger partial charge in [0.05, 0.1) is 6.42 Å². The van der Waals surface area contributed by atoms with Gasteiger partial charge in [-0.15, -0.1) is 10.2 Å². The number of benzene rings is 1. The Morgan fingerprint density at radius 2 is 2.00 bits per heavy atom. The van der Waals surface area contributed by atoms with Gasteiger partial charge in [-0.2, -0.15) is 0 Å². The van der Waals surface area contributed by atoms with Crippen molar-refractivity contribution in [2.24, 2.45) is 0 Å². The standard InChI is InChI=1S/C13H13N3O3S/c17-11(18)7-6-10-12(19)14-13(16-15-10)20-8-9-4-2-1-3-5-9/h1-5H,6-8H2,(H,17,18)(H,14,16,19). The fraction of sp³-hybridized carbons (Fsp3) is 0.231. The second-order valence-corrected chi connectivity index (χ2v) is 5.04. The Balaban J connectivity index is 1.98. The fourth-order valence-electron chi connectivity index (χ4n) is 1.53. The fourth-order valence-corrected chi connectivity index (χ4v) is 2.28. The van der Waals surface area contributed by atoms with E-state index >= 15 is 0 Å². The molecule has 0 bridgehead atoms. The quantitative estimate of drug-likeness (QED) is 0.782. The number of hydrogen-bond acceptors (Lipinski definition) is 5. The largest absolute Gasteiger partial charge is 0.481 e. The van der Waals surface area contributed by atoms with Crippen molar-refractivity contribution in [1.29, 1.82) is 0 Å². The van der Waals surface area contributed by atoms with Crippen molar-refractivity contribution in [3.8, 4) is 0 Å². The summed E-state index contributed by atoms with van der Waals surface area (Å²) in [5.74, 6) is -0.284. The summed E-state index contributed by atoms with van der Waals surface area (Å²) < 4.78 is 0. The third kappa shape index (κ3) is 4.20. The molecule has 0 unspecified atom stereocenters. The molecular weight excluding hydrogens is 278 g/mol. The van der Waals surface area contributed by atoms with Crippen molar-refractivity contribution >= 4 is 17.7 Å². The van der Waals surface area contributed by atoms with Crippen LogP contribution in [-0.2, 0) is 17.0 Å². The first-order valence-electron chi connectivity index (χ1n) is 5.99. The van der Waals surface area contributed by atoms with Crippen LogP contribution in [0.4, 0.5) is 0 Å². The summed E-state index contributed by atoms with van der Waals surface area (Å²) in [6.45, 7) is 0. The van der Waals surface area contributed by atoms with Gasteiger partial charge in [-0.1, -0.05) is 42.1 Å². The molecule has 6 nitrogen and oxygen atoms in total. The zero-order valence-electron chi connectivity index (χ0n) is 10.6. The van der Waals surface area contributed by atoms with E-state index in [1.54, 1.807) is 0 Å². The minimum Gasteiger partial charge on any atom is -0.481 e. The van der Waals surface area contributed by atoms with Gasteiger partial charge < -0.3 is 5.11 Å². The number of aliphatic carboxylic acids is 1. The number of carboxylic acid groups (broad SMARTS) is 1. The highest BCUT2D eigenvalue weighted by molar-refractivity contribution is 7.98. The third-order valence-corrected chi connectivity index (χ3v) is 3.47. The molecule has 7 heteroatoms. The molecule has 20 heavy (non-hydrogen) atoms. The molecule has 0 radical (unpaired) electrons. The van der Waals surface area contributed by atoms with Crippen LogP contribution in [-0.4, -0.2) is 26.3 Å². The summed E-state index contributed by atoms with van der Waals surface area (Å²) in [6, 6.07) is 9.80. The second kappa shape index (κ2) is 6.85. The van der Waals surface area contributed by atoms with Gasteiger partial charge in [0, 0.05) is 12.2 Å². The van der Waals surface area contributed by atoms with Crippen LogP contribution in [0.5, 0.6) is 0 Å². The van der Waals surface area contributed by atoms with Crippen LogP contribution in [0.15, 0.2) is 40.3 Å². The lowest BCUT2D eigenvalue weighted by Gasteiger charge is -2.01. The van der Waals surface area contributed by atoms with Crippen LogP contribution in [0.1, 0.15) is 17.7 Å². The summed E-state index contributed by atoms with van der Waals surface area (Å²) in [7, 11) is 0.